The highest BCUT2D eigenvalue weighted by Gasteiger charge is 2.57. The molecular formula is C23H29BN4O2. The lowest BCUT2D eigenvalue weighted by Crippen LogP contribution is -2.63. The van der Waals surface area contributed by atoms with E-state index in [1.54, 1.807) is 0 Å². The van der Waals surface area contributed by atoms with Crippen LogP contribution in [0.2, 0.25) is 0 Å². The highest BCUT2D eigenvalue weighted by Crippen LogP contribution is 2.59. The summed E-state index contributed by atoms with van der Waals surface area (Å²) in [6.07, 6.45) is 10.3. The predicted molar refractivity (Wildman–Crippen MR) is 117 cm³/mol. The molecule has 6 aliphatic rings. The average Bonchev–Trinajstić information content (AvgIpc) is 3.15. The minimum atomic E-state index is -0.423. The molecule has 2 aromatic heterocycles. The number of aliphatic hydroxyl groups is 1. The Hall–Kier alpha value is -1.86. The summed E-state index contributed by atoms with van der Waals surface area (Å²) >= 11 is 0. The van der Waals surface area contributed by atoms with Crippen LogP contribution in [0.4, 0.5) is 0 Å². The van der Waals surface area contributed by atoms with E-state index in [0.29, 0.717) is 23.7 Å². The molecule has 8 rings (SSSR count). The number of aromatic nitrogens is 2. The number of hydrogen-bond donors (Lipinski definition) is 2. The minimum absolute atomic E-state index is 0.162. The van der Waals surface area contributed by atoms with Crippen molar-refractivity contribution in [1.82, 2.24) is 14.9 Å². The number of aromatic amines is 1. The maximum atomic E-state index is 11.1. The van der Waals surface area contributed by atoms with Crippen LogP contribution < -0.4 is 5.46 Å². The van der Waals surface area contributed by atoms with Gasteiger partial charge in [0.15, 0.2) is 0 Å². The van der Waals surface area contributed by atoms with Gasteiger partial charge >= 0.3 is 7.05 Å². The number of pyridine rings is 1. The van der Waals surface area contributed by atoms with Gasteiger partial charge in [-0.15, -0.1) is 0 Å². The van der Waals surface area contributed by atoms with Gasteiger partial charge in [0.25, 0.3) is 0 Å². The average molecular weight is 404 g/mol. The Balaban J connectivity index is 1.40. The largest absolute Gasteiger partial charge is 0.471 e. The normalized spacial score (nSPS) is 38.6. The maximum Gasteiger partial charge on any atom is 0.471 e. The molecule has 6 nitrogen and oxygen atoms in total. The van der Waals surface area contributed by atoms with Crippen molar-refractivity contribution in [2.24, 2.45) is 28.8 Å². The molecule has 5 atom stereocenters. The lowest BCUT2D eigenvalue weighted by Gasteiger charge is -2.58. The first kappa shape index (κ1) is 17.8. The molecule has 7 heteroatoms. The van der Waals surface area contributed by atoms with E-state index < -0.39 is 5.60 Å². The predicted octanol–water partition coefficient (Wildman–Crippen LogP) is 2.66. The molecule has 0 radical (unpaired) electrons. The van der Waals surface area contributed by atoms with Crippen molar-refractivity contribution >= 4 is 29.3 Å². The Morgan fingerprint density at radius 2 is 2.03 bits per heavy atom. The van der Waals surface area contributed by atoms with E-state index >= 15 is 0 Å². The zero-order valence-electron chi connectivity index (χ0n) is 17.8. The third-order valence-electron chi connectivity index (χ3n) is 8.58. The Bertz CT molecular complexity index is 1060. The van der Waals surface area contributed by atoms with E-state index in [4.69, 9.17) is 14.7 Å². The van der Waals surface area contributed by atoms with Crippen molar-refractivity contribution in [3.05, 3.63) is 24.0 Å². The molecule has 4 bridgehead atoms. The molecule has 0 amide bonds. The number of nitrogens with zero attached hydrogens (tertiary/aromatic N) is 3. The summed E-state index contributed by atoms with van der Waals surface area (Å²) in [4.78, 5) is 10.2. The molecular weight excluding hydrogens is 375 g/mol. The topological polar surface area (TPSA) is 73.7 Å². The lowest BCUT2D eigenvalue weighted by molar-refractivity contribution is -0.138. The quantitative estimate of drug-likeness (QED) is 0.717. The molecule has 1 unspecified atom stereocenters. The standard InChI is InChI=1S/C23H29BN4O2/c1-22(2)4-6-28-24(30-22)17-12-26-21-16(3-5-25-21)19(17)20(27-28)18-14-7-13-8-15(18)11-23(29,9-13)10-14/h3,5,12-15,18,29H,4,6-11H2,1-2H3,(H,25,26)/t13-,14+,15-,18+,23?. The van der Waals surface area contributed by atoms with Gasteiger partial charge in [-0.1, -0.05) is 0 Å². The number of H-pyrrole nitrogens is 1. The van der Waals surface area contributed by atoms with Crippen molar-refractivity contribution in [1.29, 1.82) is 0 Å². The van der Waals surface area contributed by atoms with Crippen molar-refractivity contribution in [2.75, 3.05) is 6.54 Å². The first-order valence-corrected chi connectivity index (χ1v) is 11.6. The van der Waals surface area contributed by atoms with Crippen LogP contribution in [0.25, 0.3) is 11.0 Å². The molecule has 30 heavy (non-hydrogen) atoms. The molecule has 0 aromatic carbocycles. The second kappa shape index (κ2) is 5.68. The van der Waals surface area contributed by atoms with Gasteiger partial charge in [-0.25, -0.2) is 4.98 Å². The molecule has 0 spiro atoms. The van der Waals surface area contributed by atoms with Crippen LogP contribution in [0.1, 0.15) is 57.9 Å². The van der Waals surface area contributed by atoms with Crippen molar-refractivity contribution in [3.63, 3.8) is 0 Å². The van der Waals surface area contributed by atoms with Gasteiger partial charge in [-0.05, 0) is 76.2 Å². The third kappa shape index (κ3) is 2.39. The number of hydrazone groups is 1. The SMILES string of the molecule is CC1(C)CCN2N=C([C@@H]3[C@@H]4C[C@H]5C[C@H]3CC(O)(C5)C4)c3c(cnc4[nH]ccc34)B2O1. The van der Waals surface area contributed by atoms with Crippen LogP contribution in [0.15, 0.2) is 23.6 Å². The first-order valence-electron chi connectivity index (χ1n) is 11.6. The van der Waals surface area contributed by atoms with Crippen LogP contribution >= 0.6 is 0 Å². The second-order valence-electron chi connectivity index (χ2n) is 11.2. The maximum absolute atomic E-state index is 11.1. The monoisotopic (exact) mass is 404 g/mol. The van der Waals surface area contributed by atoms with Gasteiger partial charge in [-0.3, -0.25) is 0 Å². The van der Waals surface area contributed by atoms with E-state index in [-0.39, 0.29) is 12.7 Å². The summed E-state index contributed by atoms with van der Waals surface area (Å²) in [5.74, 6) is 2.20. The Morgan fingerprint density at radius 1 is 1.23 bits per heavy atom. The Labute approximate surface area is 177 Å². The molecule has 4 saturated carbocycles. The van der Waals surface area contributed by atoms with E-state index in [1.807, 2.05) is 12.4 Å². The fourth-order valence-corrected chi connectivity index (χ4v) is 7.60. The van der Waals surface area contributed by atoms with Crippen molar-refractivity contribution in [2.45, 2.75) is 63.6 Å². The summed E-state index contributed by atoms with van der Waals surface area (Å²) in [5.41, 5.74) is 3.97. The van der Waals surface area contributed by atoms with Gasteiger partial charge in [0, 0.05) is 46.9 Å². The number of fused-ring (bicyclic) bond motifs is 5. The zero-order chi connectivity index (χ0) is 20.3. The third-order valence-corrected chi connectivity index (χ3v) is 8.58. The number of hydrogen-bond acceptors (Lipinski definition) is 5. The fourth-order valence-electron chi connectivity index (χ4n) is 7.60. The minimum Gasteiger partial charge on any atom is -0.407 e. The smallest absolute Gasteiger partial charge is 0.407 e. The number of nitrogens with one attached hydrogen (secondary N) is 1. The Kier molecular flexibility index (Phi) is 3.37. The van der Waals surface area contributed by atoms with Crippen LogP contribution in [0, 0.1) is 23.7 Å². The van der Waals surface area contributed by atoms with Crippen molar-refractivity contribution in [3.8, 4) is 0 Å². The molecule has 156 valence electrons. The van der Waals surface area contributed by atoms with Crippen LogP contribution in [-0.4, -0.2) is 50.5 Å². The van der Waals surface area contributed by atoms with E-state index in [1.165, 1.54) is 24.1 Å². The highest BCUT2D eigenvalue weighted by molar-refractivity contribution is 6.68. The molecule has 4 aliphatic carbocycles. The summed E-state index contributed by atoms with van der Waals surface area (Å²) in [5, 5.41) is 17.6. The summed E-state index contributed by atoms with van der Waals surface area (Å²) < 4.78 is 6.53. The van der Waals surface area contributed by atoms with Gasteiger partial charge in [0.1, 0.15) is 5.65 Å². The summed E-state index contributed by atoms with van der Waals surface area (Å²) in [6, 6.07) is 2.14. The lowest BCUT2D eigenvalue weighted by atomic mass is 9.48. The van der Waals surface area contributed by atoms with E-state index in [0.717, 1.165) is 48.7 Å². The summed E-state index contributed by atoms with van der Waals surface area (Å²) in [6.45, 7) is 5.24. The molecule has 1 saturated heterocycles. The second-order valence-corrected chi connectivity index (χ2v) is 11.2. The molecule has 2 N–H and O–H groups in total. The van der Waals surface area contributed by atoms with Gasteiger partial charge in [0.05, 0.1) is 11.3 Å². The Morgan fingerprint density at radius 3 is 2.80 bits per heavy atom. The first-order chi connectivity index (χ1) is 14.4. The van der Waals surface area contributed by atoms with E-state index in [2.05, 4.69) is 29.8 Å². The van der Waals surface area contributed by atoms with Gasteiger partial charge in [-0.2, -0.15) is 5.10 Å². The molecule has 5 fully saturated rings. The zero-order valence-corrected chi connectivity index (χ0v) is 17.8. The van der Waals surface area contributed by atoms with Gasteiger partial charge < -0.3 is 19.7 Å². The highest BCUT2D eigenvalue weighted by atomic mass is 16.5. The van der Waals surface area contributed by atoms with Gasteiger partial charge in [0.2, 0.25) is 0 Å². The van der Waals surface area contributed by atoms with E-state index in [9.17, 15) is 5.11 Å². The fraction of sp³-hybridized carbons (Fsp3) is 0.652. The summed E-state index contributed by atoms with van der Waals surface area (Å²) in [7, 11) is -0.166. The molecule has 2 aliphatic heterocycles. The number of rotatable bonds is 1. The van der Waals surface area contributed by atoms with Crippen LogP contribution in [-0.2, 0) is 4.65 Å². The molecule has 2 aromatic rings. The van der Waals surface area contributed by atoms with Crippen LogP contribution in [0.3, 0.4) is 0 Å². The van der Waals surface area contributed by atoms with Crippen LogP contribution in [0.5, 0.6) is 0 Å². The molecule has 4 heterocycles. The van der Waals surface area contributed by atoms with Crippen molar-refractivity contribution < 1.29 is 9.76 Å².